The third kappa shape index (κ3) is 4.21. The van der Waals surface area contributed by atoms with Gasteiger partial charge in [-0.05, 0) is 68.5 Å². The maximum Gasteiger partial charge on any atom is 0.337 e. The number of rotatable bonds is 6. The normalized spacial score (nSPS) is 16.5. The molecule has 38 heavy (non-hydrogen) atoms. The van der Waals surface area contributed by atoms with E-state index in [1.807, 2.05) is 52.1 Å². The van der Waals surface area contributed by atoms with E-state index in [1.165, 1.54) is 5.56 Å². The van der Waals surface area contributed by atoms with E-state index in [-0.39, 0.29) is 6.10 Å². The molecule has 4 heterocycles. The number of carbonyl (C=O) groups is 1. The Bertz CT molecular complexity index is 1550. The summed E-state index contributed by atoms with van der Waals surface area (Å²) in [5.74, 6) is -0.188. The highest BCUT2D eigenvalue weighted by Crippen LogP contribution is 2.48. The van der Waals surface area contributed by atoms with Gasteiger partial charge in [-0.2, -0.15) is 0 Å². The van der Waals surface area contributed by atoms with E-state index >= 15 is 0 Å². The molecule has 2 aromatic carbocycles. The van der Waals surface area contributed by atoms with Crippen molar-refractivity contribution in [3.63, 3.8) is 0 Å². The molecule has 0 unspecified atom stereocenters. The van der Waals surface area contributed by atoms with Crippen LogP contribution in [0.5, 0.6) is 5.75 Å². The molecule has 4 aromatic rings. The molecule has 0 radical (unpaired) electrons. The first kappa shape index (κ1) is 25.1. The highest BCUT2D eigenvalue weighted by atomic mass is 32.1. The minimum Gasteiger partial charge on any atom is -0.493 e. The van der Waals surface area contributed by atoms with Gasteiger partial charge in [0.1, 0.15) is 5.75 Å². The van der Waals surface area contributed by atoms with Crippen LogP contribution < -0.4 is 9.64 Å². The zero-order valence-electron chi connectivity index (χ0n) is 22.3. The largest absolute Gasteiger partial charge is 0.493 e. The molecule has 0 saturated carbocycles. The van der Waals surface area contributed by atoms with Gasteiger partial charge in [0.25, 0.3) is 0 Å². The molecule has 0 amide bonds. The van der Waals surface area contributed by atoms with Crippen molar-refractivity contribution in [2.24, 2.45) is 0 Å². The van der Waals surface area contributed by atoms with Gasteiger partial charge in [-0.1, -0.05) is 6.07 Å². The molecule has 198 valence electrons. The topological polar surface area (TPSA) is 81.1 Å². The van der Waals surface area contributed by atoms with Crippen molar-refractivity contribution < 1.29 is 24.1 Å². The van der Waals surface area contributed by atoms with Gasteiger partial charge in [0.05, 0.1) is 28.8 Å². The first-order valence-corrected chi connectivity index (χ1v) is 13.8. The molecule has 2 aliphatic rings. The van der Waals surface area contributed by atoms with Crippen LogP contribution in [0, 0.1) is 6.92 Å². The smallest absolute Gasteiger partial charge is 0.337 e. The van der Waals surface area contributed by atoms with E-state index in [0.717, 1.165) is 67.9 Å². The van der Waals surface area contributed by atoms with Crippen molar-refractivity contribution in [1.82, 2.24) is 4.98 Å². The predicted molar refractivity (Wildman–Crippen MR) is 151 cm³/mol. The Morgan fingerprint density at radius 3 is 2.74 bits per heavy atom. The summed E-state index contributed by atoms with van der Waals surface area (Å²) >= 11 is 1.68. The van der Waals surface area contributed by atoms with Crippen LogP contribution in [0.25, 0.3) is 32.1 Å². The Labute approximate surface area is 226 Å². The van der Waals surface area contributed by atoms with Crippen LogP contribution in [0.4, 0.5) is 5.00 Å². The van der Waals surface area contributed by atoms with Gasteiger partial charge >= 0.3 is 5.97 Å². The van der Waals surface area contributed by atoms with E-state index in [4.69, 9.17) is 19.2 Å². The number of carboxylic acids is 1. The number of benzene rings is 2. The third-order valence-electron chi connectivity index (χ3n) is 7.33. The lowest BCUT2D eigenvalue weighted by atomic mass is 9.88. The zero-order chi connectivity index (χ0) is 26.8. The Hall–Kier alpha value is -3.20. The second-order valence-electron chi connectivity index (χ2n) is 11.1. The van der Waals surface area contributed by atoms with E-state index in [0.29, 0.717) is 12.2 Å². The molecular weight excluding hydrogens is 500 g/mol. The number of ether oxygens (including phenoxy) is 3. The fourth-order valence-electron chi connectivity index (χ4n) is 5.54. The summed E-state index contributed by atoms with van der Waals surface area (Å²) in [6, 6.07) is 10.4. The monoisotopic (exact) mass is 532 g/mol. The van der Waals surface area contributed by atoms with Crippen LogP contribution in [-0.2, 0) is 20.7 Å². The van der Waals surface area contributed by atoms with E-state index in [9.17, 15) is 9.90 Å². The molecule has 0 spiro atoms. The van der Waals surface area contributed by atoms with E-state index in [2.05, 4.69) is 17.0 Å². The second kappa shape index (κ2) is 9.22. The van der Waals surface area contributed by atoms with E-state index < -0.39 is 17.7 Å². The molecule has 1 atom stereocenters. The number of aromatic nitrogens is 1. The summed E-state index contributed by atoms with van der Waals surface area (Å²) in [4.78, 5) is 19.9. The first-order valence-electron chi connectivity index (χ1n) is 12.9. The molecule has 2 aliphatic heterocycles. The van der Waals surface area contributed by atoms with Crippen LogP contribution in [0.3, 0.4) is 0 Å². The first-order chi connectivity index (χ1) is 18.1. The number of nitrogens with zero attached hydrogens (tertiary/aromatic N) is 2. The minimum atomic E-state index is -1.14. The van der Waals surface area contributed by atoms with Gasteiger partial charge in [-0.25, -0.2) is 4.79 Å². The molecule has 1 fully saturated rings. The number of thiophene rings is 1. The molecule has 0 aliphatic carbocycles. The lowest BCUT2D eigenvalue weighted by Gasteiger charge is -2.38. The summed E-state index contributed by atoms with van der Waals surface area (Å²) < 4.78 is 18.7. The van der Waals surface area contributed by atoms with Crippen molar-refractivity contribution in [2.45, 2.75) is 51.9 Å². The number of pyridine rings is 1. The Morgan fingerprint density at radius 2 is 2.03 bits per heavy atom. The number of hydrogen-bond acceptors (Lipinski definition) is 7. The third-order valence-corrected chi connectivity index (χ3v) is 8.56. The molecular formula is C30H32N2O5S. The summed E-state index contributed by atoms with van der Waals surface area (Å²) in [7, 11) is 1.75. The van der Waals surface area contributed by atoms with Crippen LogP contribution in [0.15, 0.2) is 36.5 Å². The Morgan fingerprint density at radius 1 is 1.24 bits per heavy atom. The van der Waals surface area contributed by atoms with Crippen LogP contribution >= 0.6 is 11.3 Å². The molecule has 6 rings (SSSR count). The standard InChI is InChI=1S/C30H32N2O5S/c1-16-12-18-13-22(32-14-19(15-32)35-5)38-28(18)25(23(16)27(29(33)34)37-30(2,3)4)20-6-7-21-24-17(9-11-36-21)8-10-31-26(20)24/h6-8,10,12-13,19,27H,9,11,14-15H2,1-5H3,(H,33,34)/t27-/m0/s1. The van der Waals surface area contributed by atoms with Gasteiger partial charge in [0.2, 0.25) is 0 Å². The van der Waals surface area contributed by atoms with Crippen molar-refractivity contribution in [3.05, 3.63) is 53.2 Å². The number of hydrogen-bond donors (Lipinski definition) is 1. The van der Waals surface area contributed by atoms with Gasteiger partial charge < -0.3 is 24.2 Å². The molecule has 8 heteroatoms. The van der Waals surface area contributed by atoms with Gasteiger partial charge in [0.15, 0.2) is 6.10 Å². The van der Waals surface area contributed by atoms with Crippen molar-refractivity contribution in [1.29, 1.82) is 0 Å². The number of aliphatic carboxylic acids is 1. The summed E-state index contributed by atoms with van der Waals surface area (Å²) in [5, 5.41) is 13.7. The van der Waals surface area contributed by atoms with Crippen molar-refractivity contribution in [3.8, 4) is 16.9 Å². The number of fused-ring (bicyclic) bond motifs is 1. The SMILES string of the molecule is COC1CN(c2cc3cc(C)c([C@H](OC(C)(C)C)C(=O)O)c(-c4ccc5c6c(ccnc46)CCO5)c3s2)C1. The summed E-state index contributed by atoms with van der Waals surface area (Å²) in [5.41, 5.74) is 4.69. The average molecular weight is 533 g/mol. The molecule has 7 nitrogen and oxygen atoms in total. The lowest BCUT2D eigenvalue weighted by molar-refractivity contribution is -0.160. The lowest BCUT2D eigenvalue weighted by Crippen LogP contribution is -2.51. The zero-order valence-corrected chi connectivity index (χ0v) is 23.1. The van der Waals surface area contributed by atoms with Crippen molar-refractivity contribution >= 4 is 43.3 Å². The Balaban J connectivity index is 1.65. The van der Waals surface area contributed by atoms with Gasteiger partial charge in [-0.15, -0.1) is 11.3 Å². The molecule has 2 aromatic heterocycles. The highest BCUT2D eigenvalue weighted by molar-refractivity contribution is 7.23. The van der Waals surface area contributed by atoms with E-state index in [1.54, 1.807) is 18.4 Å². The van der Waals surface area contributed by atoms with Gasteiger partial charge in [0, 0.05) is 59.6 Å². The fraction of sp³-hybridized carbons (Fsp3) is 0.400. The van der Waals surface area contributed by atoms with Gasteiger partial charge in [-0.3, -0.25) is 4.98 Å². The molecule has 1 N–H and O–H groups in total. The maximum absolute atomic E-state index is 12.7. The minimum absolute atomic E-state index is 0.234. The maximum atomic E-state index is 12.7. The number of methoxy groups -OCH3 is 1. The molecule has 0 bridgehead atoms. The van der Waals surface area contributed by atoms with Crippen molar-refractivity contribution in [2.75, 3.05) is 31.7 Å². The quantitative estimate of drug-likeness (QED) is 0.320. The van der Waals surface area contributed by atoms with Crippen LogP contribution in [0.1, 0.15) is 43.6 Å². The number of aryl methyl sites for hydroxylation is 1. The summed E-state index contributed by atoms with van der Waals surface area (Å²) in [6.45, 7) is 9.96. The van der Waals surface area contributed by atoms with Crippen LogP contribution in [-0.4, -0.2) is 54.6 Å². The number of anilines is 1. The second-order valence-corrected chi connectivity index (χ2v) is 12.1. The predicted octanol–water partition coefficient (Wildman–Crippen LogP) is 6.14. The van der Waals surface area contributed by atoms with Crippen LogP contribution in [0.2, 0.25) is 0 Å². The highest BCUT2D eigenvalue weighted by Gasteiger charge is 2.34. The fourth-order valence-corrected chi connectivity index (χ4v) is 6.77. The molecule has 1 saturated heterocycles. The number of carboxylic acid groups (broad SMARTS) is 1. The Kier molecular flexibility index (Phi) is 6.09. The average Bonchev–Trinajstić information content (AvgIpc) is 3.24. The summed E-state index contributed by atoms with van der Waals surface area (Å²) in [6.07, 6.45) is 1.76.